The molecule has 3 aromatic carbocycles. The minimum atomic E-state index is -3.47. The molecule has 0 fully saturated rings. The quantitative estimate of drug-likeness (QED) is 0.362. The number of rotatable bonds is 9. The first-order valence-electron chi connectivity index (χ1n) is 10.3. The van der Waals surface area contributed by atoms with Crippen LogP contribution in [0.15, 0.2) is 77.7 Å². The highest BCUT2D eigenvalue weighted by atomic mass is 32.2. The summed E-state index contributed by atoms with van der Waals surface area (Å²) in [5.74, 6) is 0.646. The van der Waals surface area contributed by atoms with Crippen molar-refractivity contribution in [2.45, 2.75) is 25.3 Å². The molecule has 1 N–H and O–H groups in total. The first kappa shape index (κ1) is 23.9. The van der Waals surface area contributed by atoms with Crippen LogP contribution in [0.5, 0.6) is 0 Å². The summed E-state index contributed by atoms with van der Waals surface area (Å²) in [7, 11) is -3.47. The van der Waals surface area contributed by atoms with E-state index >= 15 is 0 Å². The fourth-order valence-corrected chi connectivity index (χ4v) is 5.23. The van der Waals surface area contributed by atoms with Crippen molar-refractivity contribution in [2.75, 3.05) is 22.9 Å². The van der Waals surface area contributed by atoms with Crippen molar-refractivity contribution in [3.8, 4) is 0 Å². The van der Waals surface area contributed by atoms with Gasteiger partial charge < -0.3 is 5.32 Å². The number of carbonyl (C=O) groups excluding carboxylic acids is 1. The molecule has 0 saturated heterocycles. The molecule has 0 aliphatic rings. The van der Waals surface area contributed by atoms with Gasteiger partial charge in [0.25, 0.3) is 5.91 Å². The van der Waals surface area contributed by atoms with Crippen molar-refractivity contribution < 1.29 is 13.2 Å². The van der Waals surface area contributed by atoms with Gasteiger partial charge in [-0.2, -0.15) is 0 Å². The predicted octanol–water partition coefficient (Wildman–Crippen LogP) is 4.79. The highest BCUT2D eigenvalue weighted by Gasteiger charge is 2.21. The number of amides is 1. The maximum Gasteiger partial charge on any atom is 0.251 e. The molecule has 0 aromatic heterocycles. The Morgan fingerprint density at radius 1 is 0.906 bits per heavy atom. The van der Waals surface area contributed by atoms with Crippen LogP contribution in [-0.4, -0.2) is 32.9 Å². The van der Waals surface area contributed by atoms with Gasteiger partial charge in [0.05, 0.1) is 18.5 Å². The van der Waals surface area contributed by atoms with E-state index in [0.717, 1.165) is 22.4 Å². The average molecular weight is 469 g/mol. The van der Waals surface area contributed by atoms with Crippen LogP contribution in [0.3, 0.4) is 0 Å². The number of anilines is 1. The number of thioether (sulfide) groups is 1. The molecule has 0 saturated carbocycles. The van der Waals surface area contributed by atoms with Crippen LogP contribution in [-0.2, 0) is 16.6 Å². The zero-order chi connectivity index (χ0) is 23.1. The lowest BCUT2D eigenvalue weighted by Crippen LogP contribution is -2.30. The number of nitrogens with zero attached hydrogens (tertiary/aromatic N) is 1. The normalized spacial score (nSPS) is 11.2. The van der Waals surface area contributed by atoms with Crippen molar-refractivity contribution >= 4 is 33.4 Å². The molecular weight excluding hydrogens is 440 g/mol. The van der Waals surface area contributed by atoms with Crippen LogP contribution in [0.4, 0.5) is 5.69 Å². The zero-order valence-corrected chi connectivity index (χ0v) is 20.2. The second-order valence-corrected chi connectivity index (χ2v) is 10.7. The van der Waals surface area contributed by atoms with Gasteiger partial charge in [0.15, 0.2) is 0 Å². The van der Waals surface area contributed by atoms with Crippen LogP contribution < -0.4 is 9.62 Å². The van der Waals surface area contributed by atoms with Gasteiger partial charge in [0, 0.05) is 22.8 Å². The summed E-state index contributed by atoms with van der Waals surface area (Å²) in [4.78, 5) is 13.6. The van der Waals surface area contributed by atoms with Gasteiger partial charge in [-0.3, -0.25) is 9.10 Å². The average Bonchev–Trinajstić information content (AvgIpc) is 2.76. The molecule has 32 heavy (non-hydrogen) atoms. The third kappa shape index (κ3) is 6.37. The predicted molar refractivity (Wildman–Crippen MR) is 133 cm³/mol. The van der Waals surface area contributed by atoms with E-state index in [-0.39, 0.29) is 12.5 Å². The van der Waals surface area contributed by atoms with E-state index in [4.69, 9.17) is 0 Å². The lowest BCUT2D eigenvalue weighted by atomic mass is 10.1. The molecule has 0 bridgehead atoms. The first-order valence-corrected chi connectivity index (χ1v) is 13.2. The summed E-state index contributed by atoms with van der Waals surface area (Å²) in [6.45, 7) is 4.59. The van der Waals surface area contributed by atoms with Crippen LogP contribution in [0, 0.1) is 13.8 Å². The number of nitrogens with one attached hydrogen (secondary N) is 1. The van der Waals surface area contributed by atoms with Gasteiger partial charge in [-0.25, -0.2) is 8.42 Å². The summed E-state index contributed by atoms with van der Waals surface area (Å²) in [6, 6.07) is 22.9. The van der Waals surface area contributed by atoms with Crippen molar-refractivity contribution in [2.24, 2.45) is 0 Å². The molecule has 3 aromatic rings. The summed E-state index contributed by atoms with van der Waals surface area (Å²) >= 11 is 1.69. The third-order valence-corrected chi connectivity index (χ3v) is 7.16. The summed E-state index contributed by atoms with van der Waals surface area (Å²) < 4.78 is 26.5. The maximum absolute atomic E-state index is 12.5. The molecule has 0 aliphatic heterocycles. The Kier molecular flexibility index (Phi) is 7.99. The number of sulfonamides is 1. The SMILES string of the molecule is Cc1cccc(C)c1N(Cc1ccc(C(=O)NCCSc2ccccc2)cc1)S(C)(=O)=O. The van der Waals surface area contributed by atoms with E-state index in [1.165, 1.54) is 15.5 Å². The standard InChI is InChI=1S/C25H28N2O3S2/c1-19-8-7-9-20(2)24(19)27(32(3,29)30)18-21-12-14-22(15-13-21)25(28)26-16-17-31-23-10-5-4-6-11-23/h4-15H,16-18H2,1-3H3,(H,26,28). The molecule has 0 spiro atoms. The molecular formula is C25H28N2O3S2. The molecule has 0 aliphatic carbocycles. The molecule has 168 valence electrons. The van der Waals surface area contributed by atoms with Gasteiger partial charge in [-0.05, 0) is 54.8 Å². The maximum atomic E-state index is 12.5. The van der Waals surface area contributed by atoms with Gasteiger partial charge in [-0.1, -0.05) is 48.5 Å². The molecule has 0 heterocycles. The van der Waals surface area contributed by atoms with E-state index in [0.29, 0.717) is 17.8 Å². The monoisotopic (exact) mass is 468 g/mol. The summed E-state index contributed by atoms with van der Waals surface area (Å²) in [6.07, 6.45) is 1.22. The Bertz CT molecular complexity index is 1140. The fraction of sp³-hybridized carbons (Fsp3) is 0.240. The fourth-order valence-electron chi connectivity index (χ4n) is 3.44. The highest BCUT2D eigenvalue weighted by Crippen LogP contribution is 2.28. The molecule has 0 atom stereocenters. The number of hydrogen-bond acceptors (Lipinski definition) is 4. The number of para-hydroxylation sites is 1. The van der Waals surface area contributed by atoms with Crippen LogP contribution in [0.25, 0.3) is 0 Å². The van der Waals surface area contributed by atoms with E-state index in [1.54, 1.807) is 36.0 Å². The molecule has 7 heteroatoms. The lowest BCUT2D eigenvalue weighted by molar-refractivity contribution is 0.0956. The second-order valence-electron chi connectivity index (χ2n) is 7.62. The van der Waals surface area contributed by atoms with Crippen LogP contribution in [0.2, 0.25) is 0 Å². The Morgan fingerprint density at radius 3 is 2.12 bits per heavy atom. The summed E-state index contributed by atoms with van der Waals surface area (Å²) in [5, 5.41) is 2.93. The zero-order valence-electron chi connectivity index (χ0n) is 18.5. The van der Waals surface area contributed by atoms with E-state index in [9.17, 15) is 13.2 Å². The van der Waals surface area contributed by atoms with Crippen LogP contribution >= 0.6 is 11.8 Å². The largest absolute Gasteiger partial charge is 0.351 e. The van der Waals surface area contributed by atoms with Gasteiger partial charge in [-0.15, -0.1) is 11.8 Å². The van der Waals surface area contributed by atoms with Crippen molar-refractivity contribution in [3.05, 3.63) is 95.1 Å². The number of carbonyl (C=O) groups is 1. The molecule has 1 amide bonds. The van der Waals surface area contributed by atoms with E-state index in [2.05, 4.69) is 5.32 Å². The van der Waals surface area contributed by atoms with E-state index in [1.807, 2.05) is 62.4 Å². The third-order valence-electron chi connectivity index (χ3n) is 5.03. The Hall–Kier alpha value is -2.77. The number of benzene rings is 3. The lowest BCUT2D eigenvalue weighted by Gasteiger charge is -2.26. The van der Waals surface area contributed by atoms with Gasteiger partial charge >= 0.3 is 0 Å². The Labute approximate surface area is 194 Å². The van der Waals surface area contributed by atoms with Gasteiger partial charge in [0.2, 0.25) is 10.0 Å². The van der Waals surface area contributed by atoms with Crippen LogP contribution in [0.1, 0.15) is 27.0 Å². The van der Waals surface area contributed by atoms with Gasteiger partial charge in [0.1, 0.15) is 0 Å². The summed E-state index contributed by atoms with van der Waals surface area (Å²) in [5.41, 5.74) is 3.87. The highest BCUT2D eigenvalue weighted by molar-refractivity contribution is 7.99. The first-order chi connectivity index (χ1) is 15.3. The topological polar surface area (TPSA) is 66.5 Å². The molecule has 0 radical (unpaired) electrons. The molecule has 5 nitrogen and oxygen atoms in total. The smallest absolute Gasteiger partial charge is 0.251 e. The minimum absolute atomic E-state index is 0.139. The number of aryl methyl sites for hydroxylation is 2. The Morgan fingerprint density at radius 2 is 1.53 bits per heavy atom. The Balaban J connectivity index is 1.63. The second kappa shape index (κ2) is 10.7. The number of hydrogen-bond donors (Lipinski definition) is 1. The van der Waals surface area contributed by atoms with E-state index < -0.39 is 10.0 Å². The minimum Gasteiger partial charge on any atom is -0.351 e. The van der Waals surface area contributed by atoms with Crippen molar-refractivity contribution in [1.29, 1.82) is 0 Å². The molecule has 3 rings (SSSR count). The van der Waals surface area contributed by atoms with Crippen molar-refractivity contribution in [3.63, 3.8) is 0 Å². The molecule has 0 unspecified atom stereocenters. The van der Waals surface area contributed by atoms with Crippen molar-refractivity contribution in [1.82, 2.24) is 5.32 Å².